The SMILES string of the molecule is CCCC(C)(C)CO[C@H]1CCOC1. The van der Waals surface area contributed by atoms with E-state index in [1.54, 1.807) is 0 Å². The minimum Gasteiger partial charge on any atom is -0.379 e. The Morgan fingerprint density at radius 2 is 2.23 bits per heavy atom. The van der Waals surface area contributed by atoms with Gasteiger partial charge in [0.2, 0.25) is 0 Å². The van der Waals surface area contributed by atoms with Gasteiger partial charge in [-0.3, -0.25) is 0 Å². The zero-order valence-electron chi connectivity index (χ0n) is 9.14. The van der Waals surface area contributed by atoms with Crippen LogP contribution in [0.25, 0.3) is 0 Å². The van der Waals surface area contributed by atoms with Crippen molar-refractivity contribution in [3.63, 3.8) is 0 Å². The lowest BCUT2D eigenvalue weighted by Crippen LogP contribution is -2.24. The summed E-state index contributed by atoms with van der Waals surface area (Å²) in [4.78, 5) is 0. The fourth-order valence-electron chi connectivity index (χ4n) is 1.74. The Morgan fingerprint density at radius 1 is 1.46 bits per heavy atom. The molecule has 13 heavy (non-hydrogen) atoms. The molecule has 0 spiro atoms. The predicted molar refractivity (Wildman–Crippen MR) is 53.9 cm³/mol. The maximum atomic E-state index is 5.80. The molecule has 0 amide bonds. The summed E-state index contributed by atoms with van der Waals surface area (Å²) in [5, 5.41) is 0. The van der Waals surface area contributed by atoms with Crippen LogP contribution in [0.1, 0.15) is 40.0 Å². The first-order valence-electron chi connectivity index (χ1n) is 5.33. The summed E-state index contributed by atoms with van der Waals surface area (Å²) in [5.74, 6) is 0. The molecule has 1 aliphatic rings. The molecule has 1 heterocycles. The quantitative estimate of drug-likeness (QED) is 0.657. The average Bonchev–Trinajstić information content (AvgIpc) is 2.52. The van der Waals surface area contributed by atoms with E-state index >= 15 is 0 Å². The summed E-state index contributed by atoms with van der Waals surface area (Å²) in [6.07, 6.45) is 3.90. The topological polar surface area (TPSA) is 18.5 Å². The van der Waals surface area contributed by atoms with Gasteiger partial charge in [0.05, 0.1) is 19.3 Å². The van der Waals surface area contributed by atoms with E-state index in [1.807, 2.05) is 0 Å². The van der Waals surface area contributed by atoms with Crippen molar-refractivity contribution in [1.82, 2.24) is 0 Å². The van der Waals surface area contributed by atoms with Gasteiger partial charge in [0.1, 0.15) is 0 Å². The molecule has 78 valence electrons. The molecule has 0 aromatic carbocycles. The molecule has 2 heteroatoms. The van der Waals surface area contributed by atoms with Crippen LogP contribution in [0.3, 0.4) is 0 Å². The number of hydrogen-bond donors (Lipinski definition) is 0. The molecule has 1 atom stereocenters. The first-order chi connectivity index (χ1) is 6.14. The summed E-state index contributed by atoms with van der Waals surface area (Å²) in [5.41, 5.74) is 0.331. The van der Waals surface area contributed by atoms with Crippen LogP contribution >= 0.6 is 0 Å². The van der Waals surface area contributed by atoms with Crippen LogP contribution in [0.15, 0.2) is 0 Å². The highest BCUT2D eigenvalue weighted by Gasteiger charge is 2.22. The average molecular weight is 186 g/mol. The van der Waals surface area contributed by atoms with Crippen molar-refractivity contribution in [2.45, 2.75) is 46.1 Å². The normalized spacial score (nSPS) is 23.8. The van der Waals surface area contributed by atoms with Gasteiger partial charge in [-0.25, -0.2) is 0 Å². The third-order valence-corrected chi connectivity index (χ3v) is 2.52. The zero-order chi connectivity index (χ0) is 9.73. The van der Waals surface area contributed by atoms with Crippen molar-refractivity contribution in [3.8, 4) is 0 Å². The third-order valence-electron chi connectivity index (χ3n) is 2.52. The van der Waals surface area contributed by atoms with E-state index in [0.717, 1.165) is 26.2 Å². The fourth-order valence-corrected chi connectivity index (χ4v) is 1.74. The van der Waals surface area contributed by atoms with Crippen LogP contribution in [0.4, 0.5) is 0 Å². The Labute approximate surface area is 81.6 Å². The fraction of sp³-hybridized carbons (Fsp3) is 1.00. The standard InChI is InChI=1S/C11H22O2/c1-4-6-11(2,3)9-13-10-5-7-12-8-10/h10H,4-9H2,1-3H3/t10-/m0/s1. The van der Waals surface area contributed by atoms with E-state index in [0.29, 0.717) is 11.5 Å². The van der Waals surface area contributed by atoms with Crippen molar-refractivity contribution < 1.29 is 9.47 Å². The number of ether oxygens (including phenoxy) is 2. The second-order valence-corrected chi connectivity index (χ2v) is 4.71. The van der Waals surface area contributed by atoms with Crippen molar-refractivity contribution in [2.75, 3.05) is 19.8 Å². The molecule has 0 aromatic rings. The largest absolute Gasteiger partial charge is 0.379 e. The predicted octanol–water partition coefficient (Wildman–Crippen LogP) is 2.62. The summed E-state index contributed by atoms with van der Waals surface area (Å²) >= 11 is 0. The Kier molecular flexibility index (Phi) is 4.20. The summed E-state index contributed by atoms with van der Waals surface area (Å²) in [6, 6.07) is 0. The molecule has 0 saturated carbocycles. The molecule has 2 nitrogen and oxygen atoms in total. The van der Waals surface area contributed by atoms with Gasteiger partial charge in [0.15, 0.2) is 0 Å². The monoisotopic (exact) mass is 186 g/mol. The molecule has 1 saturated heterocycles. The van der Waals surface area contributed by atoms with Gasteiger partial charge in [0.25, 0.3) is 0 Å². The molecule has 0 N–H and O–H groups in total. The Morgan fingerprint density at radius 3 is 2.77 bits per heavy atom. The van der Waals surface area contributed by atoms with Gasteiger partial charge >= 0.3 is 0 Å². The molecule has 0 aliphatic carbocycles. The van der Waals surface area contributed by atoms with E-state index < -0.39 is 0 Å². The van der Waals surface area contributed by atoms with E-state index in [-0.39, 0.29) is 0 Å². The smallest absolute Gasteiger partial charge is 0.0830 e. The number of rotatable bonds is 5. The maximum Gasteiger partial charge on any atom is 0.0830 e. The lowest BCUT2D eigenvalue weighted by molar-refractivity contribution is -0.00430. The third kappa shape index (κ3) is 4.10. The molecular weight excluding hydrogens is 164 g/mol. The summed E-state index contributed by atoms with van der Waals surface area (Å²) in [7, 11) is 0. The van der Waals surface area contributed by atoms with E-state index in [4.69, 9.17) is 9.47 Å². The van der Waals surface area contributed by atoms with Crippen LogP contribution in [-0.2, 0) is 9.47 Å². The maximum absolute atomic E-state index is 5.80. The van der Waals surface area contributed by atoms with Gasteiger partial charge < -0.3 is 9.47 Å². The van der Waals surface area contributed by atoms with Crippen LogP contribution in [0.2, 0.25) is 0 Å². The Balaban J connectivity index is 2.15. The molecule has 1 fully saturated rings. The van der Waals surface area contributed by atoms with Gasteiger partial charge in [0, 0.05) is 6.61 Å². The van der Waals surface area contributed by atoms with Crippen LogP contribution in [0, 0.1) is 5.41 Å². The number of hydrogen-bond acceptors (Lipinski definition) is 2. The molecular formula is C11H22O2. The lowest BCUT2D eigenvalue weighted by Gasteiger charge is -2.25. The first kappa shape index (κ1) is 11.0. The van der Waals surface area contributed by atoms with Crippen LogP contribution in [0.5, 0.6) is 0 Å². The second kappa shape index (κ2) is 4.97. The molecule has 1 rings (SSSR count). The van der Waals surface area contributed by atoms with Gasteiger partial charge in [-0.1, -0.05) is 27.2 Å². The van der Waals surface area contributed by atoms with Gasteiger partial charge in [-0.15, -0.1) is 0 Å². The Bertz CT molecular complexity index is 137. The van der Waals surface area contributed by atoms with Gasteiger partial charge in [-0.2, -0.15) is 0 Å². The minimum absolute atomic E-state index is 0.331. The molecule has 1 aliphatic heterocycles. The van der Waals surface area contributed by atoms with Crippen molar-refractivity contribution in [3.05, 3.63) is 0 Å². The highest BCUT2D eigenvalue weighted by atomic mass is 16.5. The summed E-state index contributed by atoms with van der Waals surface area (Å²) in [6.45, 7) is 9.30. The van der Waals surface area contributed by atoms with E-state index in [1.165, 1.54) is 12.8 Å². The van der Waals surface area contributed by atoms with Crippen LogP contribution < -0.4 is 0 Å². The zero-order valence-corrected chi connectivity index (χ0v) is 9.14. The van der Waals surface area contributed by atoms with Gasteiger partial charge in [-0.05, 0) is 18.3 Å². The van der Waals surface area contributed by atoms with Crippen LogP contribution in [-0.4, -0.2) is 25.9 Å². The lowest BCUT2D eigenvalue weighted by atomic mass is 9.89. The highest BCUT2D eigenvalue weighted by Crippen LogP contribution is 2.23. The van der Waals surface area contributed by atoms with Crippen molar-refractivity contribution in [2.24, 2.45) is 5.41 Å². The second-order valence-electron chi connectivity index (χ2n) is 4.71. The first-order valence-corrected chi connectivity index (χ1v) is 5.33. The Hall–Kier alpha value is -0.0800. The molecule has 0 bridgehead atoms. The highest BCUT2D eigenvalue weighted by molar-refractivity contribution is 4.70. The van der Waals surface area contributed by atoms with E-state index in [9.17, 15) is 0 Å². The summed E-state index contributed by atoms with van der Waals surface area (Å²) < 4.78 is 11.1. The van der Waals surface area contributed by atoms with Crippen molar-refractivity contribution in [1.29, 1.82) is 0 Å². The molecule has 0 radical (unpaired) electrons. The minimum atomic E-state index is 0.331. The molecule has 0 unspecified atom stereocenters. The van der Waals surface area contributed by atoms with E-state index in [2.05, 4.69) is 20.8 Å². The molecule has 0 aromatic heterocycles. The van der Waals surface area contributed by atoms with Crippen molar-refractivity contribution >= 4 is 0 Å².